The molecule has 0 aliphatic heterocycles. The molecule has 0 atom stereocenters. The summed E-state index contributed by atoms with van der Waals surface area (Å²) in [5, 5.41) is 0. The van der Waals surface area contributed by atoms with Crippen molar-refractivity contribution in [1.29, 1.82) is 0 Å². The first-order chi connectivity index (χ1) is 7.88. The molecule has 0 N–H and O–H groups in total. The molecule has 0 radical (unpaired) electrons. The number of fused-ring (bicyclic) bond motifs is 1. The van der Waals surface area contributed by atoms with Gasteiger partial charge in [0, 0.05) is 12.5 Å². The number of aryl methyl sites for hydroxylation is 1. The fourth-order valence-electron chi connectivity index (χ4n) is 2.10. The van der Waals surface area contributed by atoms with Gasteiger partial charge in [0.2, 0.25) is 0 Å². The first-order valence-corrected chi connectivity index (χ1v) is 5.77. The van der Waals surface area contributed by atoms with Crippen molar-refractivity contribution in [2.24, 2.45) is 0 Å². The third-order valence-corrected chi connectivity index (χ3v) is 3.13. The summed E-state index contributed by atoms with van der Waals surface area (Å²) in [6.07, 6.45) is 6.86. The smallest absolute Gasteiger partial charge is 0.120 e. The van der Waals surface area contributed by atoms with E-state index >= 15 is 0 Å². The molecule has 16 heavy (non-hydrogen) atoms. The van der Waals surface area contributed by atoms with E-state index in [9.17, 15) is 4.79 Å². The molecule has 82 valence electrons. The third kappa shape index (κ3) is 1.62. The van der Waals surface area contributed by atoms with Crippen LogP contribution in [-0.4, -0.2) is 15.8 Å². The molecule has 1 heterocycles. The largest absolute Gasteiger partial charge is 0.327 e. The van der Waals surface area contributed by atoms with Crippen molar-refractivity contribution in [2.75, 3.05) is 0 Å². The Hall–Kier alpha value is -1.64. The van der Waals surface area contributed by atoms with Crippen molar-refractivity contribution in [2.45, 2.75) is 31.7 Å². The van der Waals surface area contributed by atoms with Crippen molar-refractivity contribution in [1.82, 2.24) is 9.55 Å². The summed E-state index contributed by atoms with van der Waals surface area (Å²) in [7, 11) is 0. The van der Waals surface area contributed by atoms with Gasteiger partial charge in [-0.1, -0.05) is 6.07 Å². The number of aldehydes is 1. The molecule has 1 aliphatic rings. The van der Waals surface area contributed by atoms with Gasteiger partial charge in [-0.2, -0.15) is 0 Å². The summed E-state index contributed by atoms with van der Waals surface area (Å²) in [5.41, 5.74) is 3.47. The Balaban J connectivity index is 1.96. The molecule has 1 aliphatic carbocycles. The minimum atomic E-state index is 0.592. The number of carbonyl (C=O) groups is 1. The lowest BCUT2D eigenvalue weighted by Gasteiger charge is -2.01. The van der Waals surface area contributed by atoms with Crippen LogP contribution in [0.25, 0.3) is 11.0 Å². The minimum absolute atomic E-state index is 0.592. The number of imidazole rings is 1. The van der Waals surface area contributed by atoms with Crippen LogP contribution in [0.3, 0.4) is 0 Å². The van der Waals surface area contributed by atoms with E-state index in [1.165, 1.54) is 23.9 Å². The van der Waals surface area contributed by atoms with Crippen molar-refractivity contribution in [3.05, 3.63) is 30.1 Å². The zero-order valence-corrected chi connectivity index (χ0v) is 9.10. The molecule has 3 nitrogen and oxygen atoms in total. The SMILES string of the molecule is O=CCCc1ccc2c(c1)ncn2C1CC1. The van der Waals surface area contributed by atoms with Gasteiger partial charge in [-0.15, -0.1) is 0 Å². The molecule has 1 fully saturated rings. The van der Waals surface area contributed by atoms with Crippen molar-refractivity contribution in [3.63, 3.8) is 0 Å². The number of hydrogen-bond donors (Lipinski definition) is 0. The van der Waals surface area contributed by atoms with E-state index in [0.717, 1.165) is 18.2 Å². The lowest BCUT2D eigenvalue weighted by atomic mass is 10.1. The van der Waals surface area contributed by atoms with Gasteiger partial charge in [0.25, 0.3) is 0 Å². The maximum absolute atomic E-state index is 10.3. The molecule has 3 rings (SSSR count). The Morgan fingerprint density at radius 2 is 2.31 bits per heavy atom. The van der Waals surface area contributed by atoms with Gasteiger partial charge in [0.05, 0.1) is 17.4 Å². The van der Waals surface area contributed by atoms with Crippen LogP contribution in [0, 0.1) is 0 Å². The summed E-state index contributed by atoms with van der Waals surface area (Å²) in [6.45, 7) is 0. The fourth-order valence-corrected chi connectivity index (χ4v) is 2.10. The second kappa shape index (κ2) is 3.74. The first kappa shape index (κ1) is 9.58. The monoisotopic (exact) mass is 214 g/mol. The maximum atomic E-state index is 10.3. The molecule has 1 aromatic heterocycles. The molecular formula is C13H14N2O. The average molecular weight is 214 g/mol. The van der Waals surface area contributed by atoms with Crippen LogP contribution in [0.4, 0.5) is 0 Å². The maximum Gasteiger partial charge on any atom is 0.120 e. The van der Waals surface area contributed by atoms with E-state index < -0.39 is 0 Å². The van der Waals surface area contributed by atoms with Crippen LogP contribution in [-0.2, 0) is 11.2 Å². The van der Waals surface area contributed by atoms with E-state index in [1.807, 2.05) is 6.33 Å². The molecule has 0 saturated heterocycles. The second-order valence-corrected chi connectivity index (χ2v) is 4.41. The molecule has 0 bridgehead atoms. The number of benzene rings is 1. The van der Waals surface area contributed by atoms with Crippen LogP contribution in [0.5, 0.6) is 0 Å². The average Bonchev–Trinajstić information content (AvgIpc) is 3.07. The number of aromatic nitrogens is 2. The van der Waals surface area contributed by atoms with Gasteiger partial charge in [0.1, 0.15) is 6.29 Å². The molecular weight excluding hydrogens is 200 g/mol. The predicted molar refractivity (Wildman–Crippen MR) is 62.4 cm³/mol. The Morgan fingerprint density at radius 1 is 1.44 bits per heavy atom. The number of carbonyl (C=O) groups excluding carboxylic acids is 1. The van der Waals surface area contributed by atoms with E-state index in [-0.39, 0.29) is 0 Å². The molecule has 3 heteroatoms. The Morgan fingerprint density at radius 3 is 3.06 bits per heavy atom. The molecule has 1 saturated carbocycles. The molecule has 0 unspecified atom stereocenters. The molecule has 1 aromatic carbocycles. The van der Waals surface area contributed by atoms with Gasteiger partial charge in [-0.25, -0.2) is 4.98 Å². The lowest BCUT2D eigenvalue weighted by Crippen LogP contribution is -1.91. The highest BCUT2D eigenvalue weighted by Gasteiger charge is 2.24. The van der Waals surface area contributed by atoms with Gasteiger partial charge in [-0.3, -0.25) is 0 Å². The van der Waals surface area contributed by atoms with Gasteiger partial charge in [0.15, 0.2) is 0 Å². The zero-order chi connectivity index (χ0) is 11.0. The van der Waals surface area contributed by atoms with E-state index in [4.69, 9.17) is 0 Å². The van der Waals surface area contributed by atoms with E-state index in [1.54, 1.807) is 0 Å². The summed E-state index contributed by atoms with van der Waals surface area (Å²) in [5.74, 6) is 0. The first-order valence-electron chi connectivity index (χ1n) is 5.77. The number of rotatable bonds is 4. The van der Waals surface area contributed by atoms with Crippen molar-refractivity contribution < 1.29 is 4.79 Å². The third-order valence-electron chi connectivity index (χ3n) is 3.13. The Kier molecular flexibility index (Phi) is 2.24. The minimum Gasteiger partial charge on any atom is -0.327 e. The quantitative estimate of drug-likeness (QED) is 0.733. The number of hydrogen-bond acceptors (Lipinski definition) is 2. The highest BCUT2D eigenvalue weighted by Crippen LogP contribution is 2.37. The highest BCUT2D eigenvalue weighted by atomic mass is 16.1. The van der Waals surface area contributed by atoms with Crippen LogP contribution in [0.2, 0.25) is 0 Å². The molecule has 0 spiro atoms. The van der Waals surface area contributed by atoms with Gasteiger partial charge >= 0.3 is 0 Å². The molecule has 0 amide bonds. The van der Waals surface area contributed by atoms with E-state index in [0.29, 0.717) is 12.5 Å². The van der Waals surface area contributed by atoms with Crippen LogP contribution in [0.15, 0.2) is 24.5 Å². The topological polar surface area (TPSA) is 34.9 Å². The predicted octanol–water partition coefficient (Wildman–Crippen LogP) is 2.50. The number of nitrogens with zero attached hydrogens (tertiary/aromatic N) is 2. The zero-order valence-electron chi connectivity index (χ0n) is 9.10. The highest BCUT2D eigenvalue weighted by molar-refractivity contribution is 5.76. The fraction of sp³-hybridized carbons (Fsp3) is 0.385. The Labute approximate surface area is 94.1 Å². The summed E-state index contributed by atoms with van der Waals surface area (Å²) >= 11 is 0. The normalized spacial score (nSPS) is 15.5. The van der Waals surface area contributed by atoms with Crippen molar-refractivity contribution >= 4 is 17.3 Å². The second-order valence-electron chi connectivity index (χ2n) is 4.41. The van der Waals surface area contributed by atoms with Gasteiger partial charge in [-0.05, 0) is 37.0 Å². The summed E-state index contributed by atoms with van der Waals surface area (Å²) < 4.78 is 2.26. The standard InChI is InChI=1S/C13H14N2O/c16-7-1-2-10-3-6-13-12(8-10)14-9-15(13)11-4-5-11/h3,6-9,11H,1-2,4-5H2. The van der Waals surface area contributed by atoms with Crippen molar-refractivity contribution in [3.8, 4) is 0 Å². The summed E-state index contributed by atoms with van der Waals surface area (Å²) in [6, 6.07) is 7.00. The van der Waals surface area contributed by atoms with Crippen LogP contribution >= 0.6 is 0 Å². The Bertz CT molecular complexity index is 526. The van der Waals surface area contributed by atoms with Crippen LogP contribution < -0.4 is 0 Å². The van der Waals surface area contributed by atoms with Crippen LogP contribution in [0.1, 0.15) is 30.9 Å². The lowest BCUT2D eigenvalue weighted by molar-refractivity contribution is -0.107. The molecule has 2 aromatic rings. The van der Waals surface area contributed by atoms with E-state index in [2.05, 4.69) is 27.8 Å². The van der Waals surface area contributed by atoms with Gasteiger partial charge < -0.3 is 9.36 Å². The summed E-state index contributed by atoms with van der Waals surface area (Å²) in [4.78, 5) is 14.7.